The highest BCUT2D eigenvalue weighted by Gasteiger charge is 2.60. The number of nitrogens with zero attached hydrogens (tertiary/aromatic N) is 1. The van der Waals surface area contributed by atoms with Crippen LogP contribution in [0.2, 0.25) is 0 Å². The molecule has 1 N–H and O–H groups in total. The van der Waals surface area contributed by atoms with Crippen LogP contribution in [0.15, 0.2) is 5.10 Å². The van der Waals surface area contributed by atoms with E-state index in [-0.39, 0.29) is 11.8 Å². The molecule has 0 heterocycles. The first-order valence-corrected chi connectivity index (χ1v) is 7.05. The first-order chi connectivity index (χ1) is 8.20. The van der Waals surface area contributed by atoms with Crippen LogP contribution in [-0.2, 0) is 4.79 Å². The highest BCUT2D eigenvalue weighted by molar-refractivity contribution is 5.88. The molecule has 3 aliphatic rings. The number of hydrogen-bond acceptors (Lipinski definition) is 2. The number of nitrogens with one attached hydrogen (secondary N) is 1. The molecule has 3 rings (SSSR count). The zero-order chi connectivity index (χ0) is 11.9. The van der Waals surface area contributed by atoms with Crippen molar-refractivity contribution in [1.29, 1.82) is 0 Å². The minimum Gasteiger partial charge on any atom is -0.273 e. The van der Waals surface area contributed by atoms with Gasteiger partial charge in [0.05, 0.1) is 0 Å². The number of amides is 1. The zero-order valence-electron chi connectivity index (χ0n) is 10.7. The van der Waals surface area contributed by atoms with E-state index in [9.17, 15) is 4.79 Å². The first kappa shape index (κ1) is 11.2. The second-order valence-corrected chi connectivity index (χ2v) is 6.33. The molecule has 2 atom stereocenters. The van der Waals surface area contributed by atoms with Gasteiger partial charge in [-0.2, -0.15) is 5.10 Å². The summed E-state index contributed by atoms with van der Waals surface area (Å²) in [4.78, 5) is 11.9. The number of carbonyl (C=O) groups is 1. The fourth-order valence-corrected chi connectivity index (χ4v) is 3.48. The second-order valence-electron chi connectivity index (χ2n) is 6.33. The Labute approximate surface area is 103 Å². The minimum absolute atomic E-state index is 0.176. The fraction of sp³-hybridized carbons (Fsp3) is 0.857. The van der Waals surface area contributed by atoms with Crippen molar-refractivity contribution in [2.24, 2.45) is 22.4 Å². The lowest BCUT2D eigenvalue weighted by Gasteiger charge is -2.26. The number of hydrazone groups is 1. The number of hydrogen-bond donors (Lipinski definition) is 1. The molecule has 94 valence electrons. The van der Waals surface area contributed by atoms with Crippen molar-refractivity contribution < 1.29 is 4.79 Å². The minimum atomic E-state index is 0.176. The Morgan fingerprint density at radius 3 is 2.82 bits per heavy atom. The van der Waals surface area contributed by atoms with Gasteiger partial charge in [0.1, 0.15) is 0 Å². The Morgan fingerprint density at radius 1 is 1.41 bits per heavy atom. The summed E-state index contributed by atoms with van der Waals surface area (Å²) in [5, 5.41) is 4.34. The van der Waals surface area contributed by atoms with Crippen LogP contribution in [0.4, 0.5) is 0 Å². The summed E-state index contributed by atoms with van der Waals surface area (Å²) in [7, 11) is 0. The molecule has 0 aromatic heterocycles. The van der Waals surface area contributed by atoms with Gasteiger partial charge in [-0.05, 0) is 56.3 Å². The van der Waals surface area contributed by atoms with E-state index < -0.39 is 0 Å². The van der Waals surface area contributed by atoms with E-state index in [4.69, 9.17) is 0 Å². The van der Waals surface area contributed by atoms with Gasteiger partial charge in [-0.25, -0.2) is 5.43 Å². The van der Waals surface area contributed by atoms with Crippen LogP contribution in [0.3, 0.4) is 0 Å². The first-order valence-electron chi connectivity index (χ1n) is 7.05. The quantitative estimate of drug-likeness (QED) is 0.733. The van der Waals surface area contributed by atoms with Crippen LogP contribution in [-0.4, -0.2) is 11.6 Å². The molecule has 0 radical (unpaired) electrons. The summed E-state index contributed by atoms with van der Waals surface area (Å²) < 4.78 is 0. The highest BCUT2D eigenvalue weighted by atomic mass is 16.2. The Balaban J connectivity index is 1.50. The molecule has 0 aromatic rings. The number of carbonyl (C=O) groups excluding carboxylic acids is 1. The van der Waals surface area contributed by atoms with Crippen molar-refractivity contribution in [2.45, 2.75) is 58.3 Å². The van der Waals surface area contributed by atoms with Gasteiger partial charge in [-0.3, -0.25) is 4.79 Å². The Kier molecular flexibility index (Phi) is 2.72. The van der Waals surface area contributed by atoms with Crippen molar-refractivity contribution in [1.82, 2.24) is 5.43 Å². The van der Waals surface area contributed by atoms with E-state index in [0.29, 0.717) is 5.41 Å². The van der Waals surface area contributed by atoms with E-state index >= 15 is 0 Å². The third-order valence-corrected chi connectivity index (χ3v) is 4.93. The van der Waals surface area contributed by atoms with Crippen LogP contribution in [0.5, 0.6) is 0 Å². The van der Waals surface area contributed by atoms with Gasteiger partial charge in [0.2, 0.25) is 5.91 Å². The summed E-state index contributed by atoms with van der Waals surface area (Å²) >= 11 is 0. The van der Waals surface area contributed by atoms with Crippen LogP contribution in [0.1, 0.15) is 58.3 Å². The van der Waals surface area contributed by atoms with Crippen LogP contribution < -0.4 is 5.43 Å². The van der Waals surface area contributed by atoms with Crippen LogP contribution in [0.25, 0.3) is 0 Å². The van der Waals surface area contributed by atoms with E-state index in [1.54, 1.807) is 0 Å². The second kappa shape index (κ2) is 4.11. The van der Waals surface area contributed by atoms with Crippen LogP contribution in [0, 0.1) is 17.3 Å². The Bertz CT molecular complexity index is 357. The molecule has 3 saturated carbocycles. The van der Waals surface area contributed by atoms with Gasteiger partial charge in [0.15, 0.2) is 0 Å². The molecule has 1 spiro atoms. The van der Waals surface area contributed by atoms with Crippen LogP contribution >= 0.6 is 0 Å². The molecule has 3 heteroatoms. The van der Waals surface area contributed by atoms with Gasteiger partial charge in [-0.1, -0.05) is 13.3 Å². The maximum absolute atomic E-state index is 11.9. The molecule has 1 amide bonds. The fourth-order valence-electron chi connectivity index (χ4n) is 3.48. The zero-order valence-corrected chi connectivity index (χ0v) is 10.7. The maximum atomic E-state index is 11.9. The average molecular weight is 234 g/mol. The van der Waals surface area contributed by atoms with Gasteiger partial charge >= 0.3 is 0 Å². The predicted molar refractivity (Wildman–Crippen MR) is 67.6 cm³/mol. The van der Waals surface area contributed by atoms with E-state index in [1.807, 2.05) is 0 Å². The van der Waals surface area contributed by atoms with Crippen molar-refractivity contribution >= 4 is 11.6 Å². The highest BCUT2D eigenvalue weighted by Crippen LogP contribution is 2.65. The molecule has 3 nitrogen and oxygen atoms in total. The molecular weight excluding hydrogens is 212 g/mol. The molecule has 3 aliphatic carbocycles. The Hall–Kier alpha value is -0.860. The molecule has 0 aromatic carbocycles. The molecule has 17 heavy (non-hydrogen) atoms. The van der Waals surface area contributed by atoms with Gasteiger partial charge in [0.25, 0.3) is 0 Å². The lowest BCUT2D eigenvalue weighted by atomic mass is 9.80. The molecule has 0 unspecified atom stereocenters. The average Bonchev–Trinajstić information content (AvgIpc) is 3.01. The molecule has 0 bridgehead atoms. The van der Waals surface area contributed by atoms with Gasteiger partial charge in [-0.15, -0.1) is 0 Å². The number of rotatable bonds is 2. The molecule has 0 aliphatic heterocycles. The standard InChI is InChI=1S/C14H22N2O/c1-10-4-2-5-11(8-10)15-16-13(17)12-9-14(12)6-3-7-14/h10,12H,2-9H2,1H3,(H,16,17)/b15-11+/t10-,12+/m1/s1. The monoisotopic (exact) mass is 234 g/mol. The van der Waals surface area contributed by atoms with E-state index in [1.165, 1.54) is 37.8 Å². The van der Waals surface area contributed by atoms with Crippen molar-refractivity contribution in [3.63, 3.8) is 0 Å². The third kappa shape index (κ3) is 2.12. The van der Waals surface area contributed by atoms with Gasteiger partial charge in [0, 0.05) is 11.6 Å². The van der Waals surface area contributed by atoms with E-state index in [0.717, 1.165) is 25.2 Å². The largest absolute Gasteiger partial charge is 0.273 e. The molecule has 3 fully saturated rings. The summed E-state index contributed by atoms with van der Waals surface area (Å²) in [6, 6.07) is 0. The normalized spacial score (nSPS) is 36.6. The summed E-state index contributed by atoms with van der Waals surface area (Å²) in [5.41, 5.74) is 4.42. The smallest absolute Gasteiger partial charge is 0.243 e. The maximum Gasteiger partial charge on any atom is 0.243 e. The van der Waals surface area contributed by atoms with Crippen molar-refractivity contribution in [2.75, 3.05) is 0 Å². The summed E-state index contributed by atoms with van der Waals surface area (Å²) in [6.45, 7) is 2.26. The SMILES string of the molecule is C[C@@H]1CCC/C(=N\NC(=O)[C@@H]2CC23CCC3)C1. The lowest BCUT2D eigenvalue weighted by Crippen LogP contribution is -2.27. The lowest BCUT2D eigenvalue weighted by molar-refractivity contribution is -0.123. The summed E-state index contributed by atoms with van der Waals surface area (Å²) in [6.07, 6.45) is 9.62. The molecule has 0 saturated heterocycles. The molecular formula is C14H22N2O. The van der Waals surface area contributed by atoms with E-state index in [2.05, 4.69) is 17.5 Å². The predicted octanol–water partition coefficient (Wildman–Crippen LogP) is 2.86. The topological polar surface area (TPSA) is 41.5 Å². The third-order valence-electron chi connectivity index (χ3n) is 4.93. The van der Waals surface area contributed by atoms with Crippen molar-refractivity contribution in [3.8, 4) is 0 Å². The van der Waals surface area contributed by atoms with Gasteiger partial charge < -0.3 is 0 Å². The summed E-state index contributed by atoms with van der Waals surface area (Å²) in [5.74, 6) is 1.19. The van der Waals surface area contributed by atoms with Crippen molar-refractivity contribution in [3.05, 3.63) is 0 Å². The Morgan fingerprint density at radius 2 is 2.24 bits per heavy atom.